The van der Waals surface area contributed by atoms with E-state index in [9.17, 15) is 0 Å². The summed E-state index contributed by atoms with van der Waals surface area (Å²) in [6, 6.07) is 0.790. The Morgan fingerprint density at radius 1 is 1.29 bits per heavy atom. The molecule has 0 radical (unpaired) electrons. The van der Waals surface area contributed by atoms with Gasteiger partial charge in [0.05, 0.1) is 0 Å². The molecule has 0 spiro atoms. The van der Waals surface area contributed by atoms with Crippen LogP contribution in [0.25, 0.3) is 0 Å². The van der Waals surface area contributed by atoms with Crippen LogP contribution in [0.2, 0.25) is 5.15 Å². The summed E-state index contributed by atoms with van der Waals surface area (Å²) in [7, 11) is 2.26. The number of hydrogen-bond donors (Lipinski definition) is 1. The van der Waals surface area contributed by atoms with Gasteiger partial charge >= 0.3 is 0 Å². The van der Waals surface area contributed by atoms with Crippen molar-refractivity contribution in [1.82, 2.24) is 14.9 Å². The van der Waals surface area contributed by atoms with Crippen molar-refractivity contribution in [3.05, 3.63) is 17.0 Å². The van der Waals surface area contributed by atoms with E-state index in [1.54, 1.807) is 0 Å². The van der Waals surface area contributed by atoms with Gasteiger partial charge in [0, 0.05) is 18.2 Å². The lowest BCUT2D eigenvalue weighted by atomic mass is 9.94. The molecule has 1 aliphatic carbocycles. The van der Waals surface area contributed by atoms with E-state index in [0.717, 1.165) is 43.4 Å². The standard InChI is InChI=1S/C16H27ClN4/c1-3-14-15(17)19-12-20-16(14)18-10-7-11-21(2)13-8-5-4-6-9-13/h12-13H,3-11H2,1-2H3,(H,18,19,20). The van der Waals surface area contributed by atoms with Gasteiger partial charge in [0.15, 0.2) is 0 Å². The highest BCUT2D eigenvalue weighted by molar-refractivity contribution is 6.30. The van der Waals surface area contributed by atoms with Crippen molar-refractivity contribution in [2.45, 2.75) is 57.9 Å². The maximum atomic E-state index is 6.09. The Morgan fingerprint density at radius 2 is 2.05 bits per heavy atom. The smallest absolute Gasteiger partial charge is 0.137 e. The van der Waals surface area contributed by atoms with E-state index >= 15 is 0 Å². The maximum absolute atomic E-state index is 6.09. The molecule has 1 heterocycles. The molecule has 0 saturated heterocycles. The summed E-state index contributed by atoms with van der Waals surface area (Å²) in [5, 5.41) is 3.97. The first-order valence-corrected chi connectivity index (χ1v) is 8.53. The zero-order valence-electron chi connectivity index (χ0n) is 13.2. The number of rotatable bonds is 7. The molecule has 0 unspecified atom stereocenters. The normalized spacial score (nSPS) is 16.4. The van der Waals surface area contributed by atoms with Crippen molar-refractivity contribution >= 4 is 17.4 Å². The van der Waals surface area contributed by atoms with Crippen LogP contribution in [0.1, 0.15) is 51.0 Å². The highest BCUT2D eigenvalue weighted by Gasteiger charge is 2.17. The molecular formula is C16H27ClN4. The summed E-state index contributed by atoms with van der Waals surface area (Å²) in [4.78, 5) is 10.9. The Labute approximate surface area is 133 Å². The zero-order valence-corrected chi connectivity index (χ0v) is 14.0. The van der Waals surface area contributed by atoms with Crippen molar-refractivity contribution in [3.8, 4) is 0 Å². The second-order valence-electron chi connectivity index (χ2n) is 5.90. The van der Waals surface area contributed by atoms with Crippen LogP contribution in [-0.4, -0.2) is 41.0 Å². The molecule has 0 bridgehead atoms. The fraction of sp³-hybridized carbons (Fsp3) is 0.750. The Hall–Kier alpha value is -0.870. The molecule has 2 rings (SSSR count). The average Bonchev–Trinajstić information content (AvgIpc) is 2.52. The molecule has 5 heteroatoms. The topological polar surface area (TPSA) is 41.1 Å². The largest absolute Gasteiger partial charge is 0.370 e. The molecule has 21 heavy (non-hydrogen) atoms. The Balaban J connectivity index is 1.73. The van der Waals surface area contributed by atoms with Gasteiger partial charge in [0.2, 0.25) is 0 Å². The predicted molar refractivity (Wildman–Crippen MR) is 89.0 cm³/mol. The molecule has 1 saturated carbocycles. The van der Waals surface area contributed by atoms with E-state index in [4.69, 9.17) is 11.6 Å². The molecule has 0 aromatic carbocycles. The predicted octanol–water partition coefficient (Wildman–Crippen LogP) is 3.76. The zero-order chi connectivity index (χ0) is 15.1. The lowest BCUT2D eigenvalue weighted by Crippen LogP contribution is -2.34. The summed E-state index contributed by atoms with van der Waals surface area (Å²) in [5.74, 6) is 0.887. The fourth-order valence-corrected chi connectivity index (χ4v) is 3.36. The lowest BCUT2D eigenvalue weighted by molar-refractivity contribution is 0.191. The van der Waals surface area contributed by atoms with Gasteiger partial charge in [-0.05, 0) is 39.3 Å². The number of halogens is 1. The molecule has 1 aromatic rings. The third kappa shape index (κ3) is 4.82. The van der Waals surface area contributed by atoms with E-state index in [2.05, 4.69) is 34.2 Å². The average molecular weight is 311 g/mol. The molecular weight excluding hydrogens is 284 g/mol. The van der Waals surface area contributed by atoms with Gasteiger partial charge in [-0.2, -0.15) is 0 Å². The second kappa shape index (κ2) is 8.54. The summed E-state index contributed by atoms with van der Waals surface area (Å²) in [6.45, 7) is 4.14. The van der Waals surface area contributed by atoms with Crippen molar-refractivity contribution in [3.63, 3.8) is 0 Å². The number of aromatic nitrogens is 2. The van der Waals surface area contributed by atoms with E-state index in [1.165, 1.54) is 38.4 Å². The third-order valence-corrected chi connectivity index (χ3v) is 4.75. The minimum Gasteiger partial charge on any atom is -0.370 e. The van der Waals surface area contributed by atoms with Gasteiger partial charge in [-0.1, -0.05) is 37.8 Å². The van der Waals surface area contributed by atoms with Crippen molar-refractivity contribution < 1.29 is 0 Å². The van der Waals surface area contributed by atoms with Crippen molar-refractivity contribution in [2.24, 2.45) is 0 Å². The van der Waals surface area contributed by atoms with Gasteiger partial charge in [0.1, 0.15) is 17.3 Å². The number of nitrogens with one attached hydrogen (secondary N) is 1. The maximum Gasteiger partial charge on any atom is 0.137 e. The molecule has 0 amide bonds. The van der Waals surface area contributed by atoms with Crippen LogP contribution in [0.15, 0.2) is 6.33 Å². The minimum absolute atomic E-state index is 0.564. The Morgan fingerprint density at radius 3 is 2.76 bits per heavy atom. The summed E-state index contributed by atoms with van der Waals surface area (Å²) in [6.07, 6.45) is 10.4. The molecule has 118 valence electrons. The van der Waals surface area contributed by atoms with Crippen LogP contribution in [0.5, 0.6) is 0 Å². The van der Waals surface area contributed by atoms with Gasteiger partial charge in [-0.25, -0.2) is 9.97 Å². The van der Waals surface area contributed by atoms with Crippen LogP contribution >= 0.6 is 11.6 Å². The van der Waals surface area contributed by atoms with E-state index in [-0.39, 0.29) is 0 Å². The molecule has 1 N–H and O–H groups in total. The highest BCUT2D eigenvalue weighted by Crippen LogP contribution is 2.22. The molecule has 4 nitrogen and oxygen atoms in total. The fourth-order valence-electron chi connectivity index (χ4n) is 3.10. The summed E-state index contributed by atoms with van der Waals surface area (Å²) >= 11 is 6.09. The highest BCUT2D eigenvalue weighted by atomic mass is 35.5. The second-order valence-corrected chi connectivity index (χ2v) is 6.26. The van der Waals surface area contributed by atoms with E-state index in [0.29, 0.717) is 5.15 Å². The SMILES string of the molecule is CCc1c(Cl)ncnc1NCCCN(C)C1CCCCC1. The number of hydrogen-bond acceptors (Lipinski definition) is 4. The van der Waals surface area contributed by atoms with Crippen LogP contribution in [-0.2, 0) is 6.42 Å². The van der Waals surface area contributed by atoms with E-state index in [1.807, 2.05) is 0 Å². The van der Waals surface area contributed by atoms with Crippen LogP contribution in [0.4, 0.5) is 5.82 Å². The Bertz CT molecular complexity index is 432. The Kier molecular flexibility index (Phi) is 6.71. The minimum atomic E-state index is 0.564. The number of nitrogens with zero attached hydrogens (tertiary/aromatic N) is 3. The molecule has 1 aliphatic rings. The summed E-state index contributed by atoms with van der Waals surface area (Å²) in [5.41, 5.74) is 1.01. The third-order valence-electron chi connectivity index (χ3n) is 4.42. The van der Waals surface area contributed by atoms with Gasteiger partial charge < -0.3 is 10.2 Å². The van der Waals surface area contributed by atoms with Gasteiger partial charge in [-0.3, -0.25) is 0 Å². The van der Waals surface area contributed by atoms with Crippen LogP contribution in [0.3, 0.4) is 0 Å². The van der Waals surface area contributed by atoms with Crippen LogP contribution < -0.4 is 5.32 Å². The van der Waals surface area contributed by atoms with Crippen molar-refractivity contribution in [1.29, 1.82) is 0 Å². The first-order chi connectivity index (χ1) is 10.2. The van der Waals surface area contributed by atoms with Gasteiger partial charge in [0.25, 0.3) is 0 Å². The first kappa shape index (κ1) is 16.5. The van der Waals surface area contributed by atoms with Crippen molar-refractivity contribution in [2.75, 3.05) is 25.5 Å². The van der Waals surface area contributed by atoms with E-state index < -0.39 is 0 Å². The molecule has 0 aliphatic heterocycles. The first-order valence-electron chi connectivity index (χ1n) is 8.15. The van der Waals surface area contributed by atoms with Crippen LogP contribution in [0, 0.1) is 0 Å². The molecule has 1 aromatic heterocycles. The molecule has 0 atom stereocenters. The molecule has 1 fully saturated rings. The lowest BCUT2D eigenvalue weighted by Gasteiger charge is -2.31. The van der Waals surface area contributed by atoms with Gasteiger partial charge in [-0.15, -0.1) is 0 Å². The quantitative estimate of drug-likeness (QED) is 0.615. The number of anilines is 1. The monoisotopic (exact) mass is 310 g/mol. The summed E-state index contributed by atoms with van der Waals surface area (Å²) < 4.78 is 0.